The second-order valence-electron chi connectivity index (χ2n) is 12.1. The van der Waals surface area contributed by atoms with Crippen LogP contribution in [-0.2, 0) is 5.41 Å². The first kappa shape index (κ1) is 29.0. The third kappa shape index (κ3) is 6.51. The van der Waals surface area contributed by atoms with E-state index in [1.807, 2.05) is 84.6 Å². The number of hydrogen-bond donors (Lipinski definition) is 2. The van der Waals surface area contributed by atoms with Gasteiger partial charge in [0.05, 0.1) is 5.69 Å². The Balaban J connectivity index is 1.29. The number of rotatable bonds is 6. The van der Waals surface area contributed by atoms with Crippen molar-refractivity contribution in [2.24, 2.45) is 0 Å². The van der Waals surface area contributed by atoms with E-state index in [0.717, 1.165) is 47.6 Å². The highest BCUT2D eigenvalue weighted by Crippen LogP contribution is 2.29. The van der Waals surface area contributed by atoms with Gasteiger partial charge in [0.15, 0.2) is 0 Å². The minimum absolute atomic E-state index is 0.0271. The van der Waals surface area contributed by atoms with E-state index in [1.54, 1.807) is 6.20 Å². The lowest BCUT2D eigenvalue weighted by molar-refractivity contribution is 0.0635. The standard InChI is InChI=1S/C35H39N5O2/c1-23-9-6-7-22-40(23)33(42)26-14-18-28(19-15-26)37-34-36-21-20-31(39-34)29-10-8-11-30(24(29)2)38-32(41)25-12-16-27(17-13-25)35(3,4)5/h8,10-21,23H,6-7,9,22H2,1-5H3,(H,38,41)(H,36,37,39). The molecular weight excluding hydrogens is 522 g/mol. The number of piperidine rings is 1. The maximum atomic E-state index is 13.0. The average molecular weight is 562 g/mol. The molecule has 2 heterocycles. The van der Waals surface area contributed by atoms with Gasteiger partial charge in [0, 0.05) is 46.8 Å². The van der Waals surface area contributed by atoms with Gasteiger partial charge >= 0.3 is 0 Å². The second-order valence-corrected chi connectivity index (χ2v) is 12.1. The van der Waals surface area contributed by atoms with E-state index < -0.39 is 0 Å². The van der Waals surface area contributed by atoms with E-state index in [9.17, 15) is 9.59 Å². The zero-order valence-corrected chi connectivity index (χ0v) is 25.1. The Morgan fingerprint density at radius 2 is 1.62 bits per heavy atom. The van der Waals surface area contributed by atoms with Crippen molar-refractivity contribution < 1.29 is 9.59 Å². The van der Waals surface area contributed by atoms with E-state index in [1.165, 1.54) is 12.0 Å². The molecule has 2 N–H and O–H groups in total. The van der Waals surface area contributed by atoms with Gasteiger partial charge in [0.25, 0.3) is 11.8 Å². The smallest absolute Gasteiger partial charge is 0.255 e. The normalized spacial score (nSPS) is 15.3. The van der Waals surface area contributed by atoms with E-state index in [2.05, 4.69) is 43.3 Å². The third-order valence-electron chi connectivity index (χ3n) is 7.98. The molecule has 7 nitrogen and oxygen atoms in total. The van der Waals surface area contributed by atoms with Crippen LogP contribution in [0, 0.1) is 6.92 Å². The predicted octanol–water partition coefficient (Wildman–Crippen LogP) is 7.76. The Kier molecular flexibility index (Phi) is 8.39. The van der Waals surface area contributed by atoms with Crippen LogP contribution in [0.3, 0.4) is 0 Å². The molecule has 0 bridgehead atoms. The fourth-order valence-corrected chi connectivity index (χ4v) is 5.32. The highest BCUT2D eigenvalue weighted by Gasteiger charge is 2.24. The van der Waals surface area contributed by atoms with Crippen LogP contribution < -0.4 is 10.6 Å². The molecule has 3 aromatic carbocycles. The molecule has 1 atom stereocenters. The summed E-state index contributed by atoms with van der Waals surface area (Å²) in [6.07, 6.45) is 5.00. The summed E-state index contributed by atoms with van der Waals surface area (Å²) < 4.78 is 0. The molecule has 0 spiro atoms. The first-order chi connectivity index (χ1) is 20.1. The van der Waals surface area contributed by atoms with Gasteiger partial charge in [-0.25, -0.2) is 9.97 Å². The first-order valence-corrected chi connectivity index (χ1v) is 14.6. The molecule has 1 fully saturated rings. The third-order valence-corrected chi connectivity index (χ3v) is 7.98. The molecule has 0 saturated carbocycles. The second kappa shape index (κ2) is 12.1. The van der Waals surface area contributed by atoms with E-state index in [-0.39, 0.29) is 23.3 Å². The maximum Gasteiger partial charge on any atom is 0.255 e. The van der Waals surface area contributed by atoms with Gasteiger partial charge in [0.1, 0.15) is 0 Å². The van der Waals surface area contributed by atoms with Gasteiger partial charge in [-0.1, -0.05) is 45.0 Å². The van der Waals surface area contributed by atoms with Crippen LogP contribution in [0.15, 0.2) is 79.0 Å². The quantitative estimate of drug-likeness (QED) is 0.251. The van der Waals surface area contributed by atoms with Crippen LogP contribution >= 0.6 is 0 Å². The molecule has 216 valence electrons. The zero-order chi connectivity index (χ0) is 29.9. The number of carbonyl (C=O) groups excluding carboxylic acids is 2. The number of carbonyl (C=O) groups is 2. The van der Waals surface area contributed by atoms with Crippen LogP contribution in [0.5, 0.6) is 0 Å². The maximum absolute atomic E-state index is 13.0. The molecule has 5 rings (SSSR count). The fraction of sp³-hybridized carbons (Fsp3) is 0.314. The summed E-state index contributed by atoms with van der Waals surface area (Å²) in [5.74, 6) is 0.373. The fourth-order valence-electron chi connectivity index (χ4n) is 5.32. The van der Waals surface area contributed by atoms with Gasteiger partial charge in [-0.15, -0.1) is 0 Å². The Morgan fingerprint density at radius 1 is 0.905 bits per heavy atom. The van der Waals surface area contributed by atoms with Crippen LogP contribution in [0.25, 0.3) is 11.3 Å². The van der Waals surface area contributed by atoms with Crippen molar-refractivity contribution in [2.75, 3.05) is 17.2 Å². The lowest BCUT2D eigenvalue weighted by atomic mass is 9.86. The Morgan fingerprint density at radius 3 is 2.31 bits per heavy atom. The van der Waals surface area contributed by atoms with Gasteiger partial charge in [-0.3, -0.25) is 9.59 Å². The molecule has 1 saturated heterocycles. The molecule has 0 aliphatic carbocycles. The van der Waals surface area contributed by atoms with E-state index >= 15 is 0 Å². The van der Waals surface area contributed by atoms with Crippen molar-refractivity contribution in [2.45, 2.75) is 65.3 Å². The van der Waals surface area contributed by atoms with E-state index in [0.29, 0.717) is 17.1 Å². The number of amides is 2. The lowest BCUT2D eigenvalue weighted by Gasteiger charge is -2.33. The molecule has 42 heavy (non-hydrogen) atoms. The number of anilines is 3. The Hall–Kier alpha value is -4.52. The lowest BCUT2D eigenvalue weighted by Crippen LogP contribution is -2.41. The summed E-state index contributed by atoms with van der Waals surface area (Å²) in [7, 11) is 0. The van der Waals surface area contributed by atoms with Gasteiger partial charge < -0.3 is 15.5 Å². The zero-order valence-electron chi connectivity index (χ0n) is 25.1. The van der Waals surface area contributed by atoms with Crippen LogP contribution in [0.4, 0.5) is 17.3 Å². The molecule has 0 radical (unpaired) electrons. The van der Waals surface area contributed by atoms with Crippen LogP contribution in [0.1, 0.15) is 78.8 Å². The van der Waals surface area contributed by atoms with Gasteiger partial charge in [-0.2, -0.15) is 0 Å². The highest BCUT2D eigenvalue weighted by atomic mass is 16.2. The predicted molar refractivity (Wildman–Crippen MR) is 169 cm³/mol. The number of aromatic nitrogens is 2. The van der Waals surface area contributed by atoms with Crippen molar-refractivity contribution in [1.82, 2.24) is 14.9 Å². The molecule has 2 amide bonds. The number of nitrogens with zero attached hydrogens (tertiary/aromatic N) is 3. The summed E-state index contributed by atoms with van der Waals surface area (Å²) in [4.78, 5) is 37.1. The van der Waals surface area contributed by atoms with Gasteiger partial charge in [-0.05, 0) is 98.2 Å². The van der Waals surface area contributed by atoms with Crippen LogP contribution in [-0.4, -0.2) is 39.3 Å². The first-order valence-electron chi connectivity index (χ1n) is 14.6. The molecule has 4 aromatic rings. The number of nitrogens with one attached hydrogen (secondary N) is 2. The highest BCUT2D eigenvalue weighted by molar-refractivity contribution is 6.05. The molecule has 1 aromatic heterocycles. The minimum atomic E-state index is -0.155. The molecule has 1 aliphatic rings. The summed E-state index contributed by atoms with van der Waals surface area (Å²) in [6, 6.07) is 23.1. The van der Waals surface area contributed by atoms with E-state index in [4.69, 9.17) is 4.98 Å². The van der Waals surface area contributed by atoms with Crippen LogP contribution in [0.2, 0.25) is 0 Å². The van der Waals surface area contributed by atoms with Gasteiger partial charge in [0.2, 0.25) is 5.95 Å². The van der Waals surface area contributed by atoms with Crippen molar-refractivity contribution in [3.05, 3.63) is 101 Å². The molecule has 1 unspecified atom stereocenters. The summed E-state index contributed by atoms with van der Waals surface area (Å²) in [5, 5.41) is 6.32. The largest absolute Gasteiger partial charge is 0.336 e. The average Bonchev–Trinajstić information content (AvgIpc) is 2.98. The Bertz CT molecular complexity index is 1570. The Labute approximate surface area is 248 Å². The minimum Gasteiger partial charge on any atom is -0.336 e. The summed E-state index contributed by atoms with van der Waals surface area (Å²) >= 11 is 0. The van der Waals surface area contributed by atoms with Crippen molar-refractivity contribution in [3.8, 4) is 11.3 Å². The molecular formula is C35H39N5O2. The number of likely N-dealkylation sites (tertiary alicyclic amines) is 1. The summed E-state index contributed by atoms with van der Waals surface area (Å²) in [6.45, 7) is 11.4. The topological polar surface area (TPSA) is 87.2 Å². The van der Waals surface area contributed by atoms with Crippen molar-refractivity contribution in [3.63, 3.8) is 0 Å². The monoisotopic (exact) mass is 561 g/mol. The van der Waals surface area contributed by atoms with Crippen molar-refractivity contribution >= 4 is 29.1 Å². The summed E-state index contributed by atoms with van der Waals surface area (Å²) in [5.41, 5.74) is 6.58. The SMILES string of the molecule is Cc1c(NC(=O)c2ccc(C(C)(C)C)cc2)cccc1-c1ccnc(Nc2ccc(C(=O)N3CCCCC3C)cc2)n1. The molecule has 1 aliphatic heterocycles. The van der Waals surface area contributed by atoms with Crippen molar-refractivity contribution in [1.29, 1.82) is 0 Å². The number of benzene rings is 3. The molecule has 7 heteroatoms. The number of hydrogen-bond acceptors (Lipinski definition) is 5.